The molecule has 0 spiro atoms. The molecule has 0 aromatic heterocycles. The molecule has 3 aromatic rings. The van der Waals surface area contributed by atoms with Gasteiger partial charge < -0.3 is 18.9 Å². The molecule has 2 saturated carbocycles. The molecule has 0 radical (unpaired) electrons. The molecule has 0 N–H and O–H groups in total. The number of rotatable bonds is 8. The van der Waals surface area contributed by atoms with Crippen LogP contribution in [0, 0.1) is 11.8 Å². The SMILES string of the molecule is O=C(Oc1cc(OC(=O)C2CCCCC2)c(OC(=O)c2ccccc2)cc1OC(=O)C1CCCCC1)c1ccccc1. The molecular weight excluding hydrogens is 536 g/mol. The lowest BCUT2D eigenvalue weighted by Crippen LogP contribution is -2.24. The van der Waals surface area contributed by atoms with Crippen LogP contribution in [0.5, 0.6) is 23.0 Å². The van der Waals surface area contributed by atoms with Crippen LogP contribution in [0.15, 0.2) is 72.8 Å². The van der Waals surface area contributed by atoms with Gasteiger partial charge in [-0.25, -0.2) is 9.59 Å². The molecule has 218 valence electrons. The van der Waals surface area contributed by atoms with E-state index in [0.717, 1.165) is 38.5 Å². The van der Waals surface area contributed by atoms with Gasteiger partial charge in [0.25, 0.3) is 0 Å². The van der Waals surface area contributed by atoms with E-state index in [0.29, 0.717) is 25.7 Å². The van der Waals surface area contributed by atoms with Crippen molar-refractivity contribution in [3.63, 3.8) is 0 Å². The van der Waals surface area contributed by atoms with E-state index < -0.39 is 23.9 Å². The van der Waals surface area contributed by atoms with Crippen molar-refractivity contribution in [1.29, 1.82) is 0 Å². The third-order valence-electron chi connectivity index (χ3n) is 7.73. The van der Waals surface area contributed by atoms with Gasteiger partial charge in [-0.2, -0.15) is 0 Å². The highest BCUT2D eigenvalue weighted by molar-refractivity contribution is 5.93. The smallest absolute Gasteiger partial charge is 0.343 e. The Morgan fingerprint density at radius 1 is 0.452 bits per heavy atom. The Labute approximate surface area is 244 Å². The summed E-state index contributed by atoms with van der Waals surface area (Å²) in [6.45, 7) is 0. The van der Waals surface area contributed by atoms with Crippen molar-refractivity contribution < 1.29 is 38.1 Å². The molecule has 0 saturated heterocycles. The number of benzene rings is 3. The largest absolute Gasteiger partial charge is 0.422 e. The van der Waals surface area contributed by atoms with Crippen LogP contribution in [-0.4, -0.2) is 23.9 Å². The molecule has 42 heavy (non-hydrogen) atoms. The van der Waals surface area contributed by atoms with Gasteiger partial charge >= 0.3 is 23.9 Å². The molecule has 3 aromatic carbocycles. The summed E-state index contributed by atoms with van der Waals surface area (Å²) >= 11 is 0. The topological polar surface area (TPSA) is 105 Å². The van der Waals surface area contributed by atoms with Crippen LogP contribution in [0.4, 0.5) is 0 Å². The molecule has 0 unspecified atom stereocenters. The second kappa shape index (κ2) is 13.9. The molecule has 2 aliphatic carbocycles. The summed E-state index contributed by atoms with van der Waals surface area (Å²) in [5.74, 6) is -3.36. The van der Waals surface area contributed by atoms with Crippen LogP contribution >= 0.6 is 0 Å². The summed E-state index contributed by atoms with van der Waals surface area (Å²) in [6, 6.07) is 19.3. The predicted octanol–water partition coefficient (Wildman–Crippen LogP) is 7.10. The Hall–Kier alpha value is -4.46. The fourth-order valence-corrected chi connectivity index (χ4v) is 5.37. The number of carbonyl (C=O) groups excluding carboxylic acids is 4. The van der Waals surface area contributed by atoms with Gasteiger partial charge in [0.2, 0.25) is 0 Å². The molecule has 5 rings (SSSR count). The number of esters is 4. The van der Waals surface area contributed by atoms with E-state index in [1.807, 2.05) is 0 Å². The van der Waals surface area contributed by atoms with Gasteiger partial charge in [0.1, 0.15) is 0 Å². The first-order valence-corrected chi connectivity index (χ1v) is 14.6. The van der Waals surface area contributed by atoms with Crippen molar-refractivity contribution in [1.82, 2.24) is 0 Å². The molecule has 8 heteroatoms. The maximum atomic E-state index is 13.1. The van der Waals surface area contributed by atoms with Crippen molar-refractivity contribution in [3.8, 4) is 23.0 Å². The van der Waals surface area contributed by atoms with Crippen LogP contribution in [-0.2, 0) is 9.59 Å². The summed E-state index contributed by atoms with van der Waals surface area (Å²) in [7, 11) is 0. The average Bonchev–Trinajstić information content (AvgIpc) is 3.04. The normalized spacial score (nSPS) is 15.8. The minimum absolute atomic E-state index is 0.108. The Morgan fingerprint density at radius 2 is 0.786 bits per heavy atom. The second-order valence-corrected chi connectivity index (χ2v) is 10.8. The van der Waals surface area contributed by atoms with Crippen molar-refractivity contribution in [2.45, 2.75) is 64.2 Å². The Bertz CT molecular complexity index is 1290. The molecular formula is C34H34O8. The highest BCUT2D eigenvalue weighted by Crippen LogP contribution is 2.42. The third-order valence-corrected chi connectivity index (χ3v) is 7.73. The Kier molecular flexibility index (Phi) is 9.64. The van der Waals surface area contributed by atoms with Crippen molar-refractivity contribution in [2.75, 3.05) is 0 Å². The van der Waals surface area contributed by atoms with E-state index in [1.54, 1.807) is 60.7 Å². The number of carbonyl (C=O) groups is 4. The molecule has 0 aliphatic heterocycles. The van der Waals surface area contributed by atoms with Crippen molar-refractivity contribution >= 4 is 23.9 Å². The van der Waals surface area contributed by atoms with Gasteiger partial charge in [-0.05, 0) is 49.9 Å². The molecule has 0 bridgehead atoms. The van der Waals surface area contributed by atoms with E-state index in [4.69, 9.17) is 18.9 Å². The van der Waals surface area contributed by atoms with Crippen LogP contribution in [0.1, 0.15) is 84.9 Å². The molecule has 0 heterocycles. The Morgan fingerprint density at radius 3 is 1.14 bits per heavy atom. The number of ether oxygens (including phenoxy) is 4. The van der Waals surface area contributed by atoms with Crippen LogP contribution in [0.2, 0.25) is 0 Å². The fourth-order valence-electron chi connectivity index (χ4n) is 5.37. The molecule has 8 nitrogen and oxygen atoms in total. The minimum Gasteiger partial charge on any atom is -0.422 e. The lowest BCUT2D eigenvalue weighted by Gasteiger charge is -2.22. The van der Waals surface area contributed by atoms with E-state index in [2.05, 4.69) is 0 Å². The van der Waals surface area contributed by atoms with E-state index in [9.17, 15) is 19.2 Å². The summed E-state index contributed by atoms with van der Waals surface area (Å²) in [6.07, 6.45) is 8.61. The van der Waals surface area contributed by atoms with Crippen LogP contribution in [0.25, 0.3) is 0 Å². The van der Waals surface area contributed by atoms with Gasteiger partial charge in [0.15, 0.2) is 23.0 Å². The monoisotopic (exact) mass is 570 g/mol. The zero-order valence-corrected chi connectivity index (χ0v) is 23.4. The highest BCUT2D eigenvalue weighted by Gasteiger charge is 2.29. The van der Waals surface area contributed by atoms with Gasteiger partial charge in [-0.15, -0.1) is 0 Å². The van der Waals surface area contributed by atoms with Crippen LogP contribution < -0.4 is 18.9 Å². The molecule has 2 aliphatic rings. The van der Waals surface area contributed by atoms with Crippen molar-refractivity contribution in [3.05, 3.63) is 83.9 Å². The van der Waals surface area contributed by atoms with Crippen molar-refractivity contribution in [2.24, 2.45) is 11.8 Å². The Balaban J connectivity index is 1.51. The van der Waals surface area contributed by atoms with Gasteiger partial charge in [-0.1, -0.05) is 74.9 Å². The zero-order valence-electron chi connectivity index (χ0n) is 23.4. The predicted molar refractivity (Wildman–Crippen MR) is 154 cm³/mol. The summed E-state index contributed by atoms with van der Waals surface area (Å²) < 4.78 is 22.9. The highest BCUT2D eigenvalue weighted by atomic mass is 16.6. The first-order chi connectivity index (χ1) is 20.5. The second-order valence-electron chi connectivity index (χ2n) is 10.8. The zero-order chi connectivity index (χ0) is 29.3. The number of hydrogen-bond acceptors (Lipinski definition) is 8. The van der Waals surface area contributed by atoms with Gasteiger partial charge in [-0.3, -0.25) is 9.59 Å². The summed E-state index contributed by atoms with van der Waals surface area (Å²) in [4.78, 5) is 52.3. The first-order valence-electron chi connectivity index (χ1n) is 14.6. The average molecular weight is 571 g/mol. The molecule has 0 atom stereocenters. The summed E-state index contributed by atoms with van der Waals surface area (Å²) in [5.41, 5.74) is 0.560. The summed E-state index contributed by atoms with van der Waals surface area (Å²) in [5, 5.41) is 0. The maximum Gasteiger partial charge on any atom is 0.343 e. The van der Waals surface area contributed by atoms with Crippen LogP contribution in [0.3, 0.4) is 0 Å². The van der Waals surface area contributed by atoms with E-state index in [1.165, 1.54) is 12.1 Å². The van der Waals surface area contributed by atoms with Gasteiger partial charge in [0.05, 0.1) is 23.0 Å². The standard InChI is InChI=1S/C34H34O8/c35-31(23-13-5-1-6-14-23)39-27-21-29(41-33(37)25-17-9-3-10-18-25)30(42-34(38)26-19-11-4-12-20-26)22-28(27)40-32(36)24-15-7-2-8-16-24/h1,4-6,11-14,19-22,24-25H,2-3,7-10,15-18H2. The lowest BCUT2D eigenvalue weighted by molar-refractivity contribution is -0.141. The third kappa shape index (κ3) is 7.43. The quantitative estimate of drug-likeness (QED) is 0.209. The maximum absolute atomic E-state index is 13.1. The lowest BCUT2D eigenvalue weighted by atomic mass is 9.89. The van der Waals surface area contributed by atoms with E-state index in [-0.39, 0.29) is 46.0 Å². The molecule has 0 amide bonds. The molecule has 2 fully saturated rings. The minimum atomic E-state index is -0.691. The van der Waals surface area contributed by atoms with E-state index >= 15 is 0 Å². The first kappa shape index (κ1) is 29.0. The fraction of sp³-hybridized carbons (Fsp3) is 0.353. The van der Waals surface area contributed by atoms with Gasteiger partial charge in [0, 0.05) is 12.1 Å². The number of hydrogen-bond donors (Lipinski definition) is 0.